The van der Waals surface area contributed by atoms with Gasteiger partial charge in [-0.3, -0.25) is 4.90 Å². The average molecular weight is 200 g/mol. The molecule has 76 valence electrons. The van der Waals surface area contributed by atoms with Crippen LogP contribution in [0.25, 0.3) is 0 Å². The Morgan fingerprint density at radius 3 is 3.00 bits per heavy atom. The van der Waals surface area contributed by atoms with E-state index in [4.69, 9.17) is 0 Å². The highest BCUT2D eigenvalue weighted by molar-refractivity contribution is 7.99. The van der Waals surface area contributed by atoms with Gasteiger partial charge in [0.15, 0.2) is 0 Å². The molecule has 2 aliphatic heterocycles. The van der Waals surface area contributed by atoms with Crippen LogP contribution in [0.1, 0.15) is 13.3 Å². The molecule has 2 heterocycles. The third-order valence-corrected chi connectivity index (χ3v) is 4.35. The molecule has 2 rings (SSSR count). The molecule has 0 N–H and O–H groups in total. The summed E-state index contributed by atoms with van der Waals surface area (Å²) in [7, 11) is 2.25. The fraction of sp³-hybridized carbons (Fsp3) is 1.00. The number of fused-ring (bicyclic) bond motifs is 1. The SMILES string of the molecule is CC1CN(C)CC2CSCCCN12. The Labute approximate surface area is 85.7 Å². The highest BCUT2D eigenvalue weighted by atomic mass is 32.2. The van der Waals surface area contributed by atoms with Gasteiger partial charge in [-0.2, -0.15) is 11.8 Å². The molecule has 0 aromatic carbocycles. The van der Waals surface area contributed by atoms with E-state index in [0.29, 0.717) is 0 Å². The van der Waals surface area contributed by atoms with Crippen molar-refractivity contribution in [2.24, 2.45) is 0 Å². The molecule has 2 nitrogen and oxygen atoms in total. The van der Waals surface area contributed by atoms with Crippen LogP contribution in [0.5, 0.6) is 0 Å². The zero-order valence-corrected chi connectivity index (χ0v) is 9.52. The predicted octanol–water partition coefficient (Wildman–Crippen LogP) is 1.13. The molecule has 0 spiro atoms. The van der Waals surface area contributed by atoms with Crippen molar-refractivity contribution < 1.29 is 0 Å². The maximum absolute atomic E-state index is 2.72. The minimum Gasteiger partial charge on any atom is -0.303 e. The summed E-state index contributed by atoms with van der Waals surface area (Å²) >= 11 is 2.14. The molecule has 3 heteroatoms. The van der Waals surface area contributed by atoms with E-state index in [1.807, 2.05) is 0 Å². The fourth-order valence-corrected chi connectivity index (χ4v) is 3.64. The molecule has 2 aliphatic rings. The van der Waals surface area contributed by atoms with E-state index >= 15 is 0 Å². The molecule has 0 saturated carbocycles. The Morgan fingerprint density at radius 2 is 2.15 bits per heavy atom. The summed E-state index contributed by atoms with van der Waals surface area (Å²) in [5, 5.41) is 0. The molecule has 0 aromatic heterocycles. The lowest BCUT2D eigenvalue weighted by molar-refractivity contribution is 0.0568. The second kappa shape index (κ2) is 4.20. The zero-order chi connectivity index (χ0) is 9.26. The summed E-state index contributed by atoms with van der Waals surface area (Å²) in [5.41, 5.74) is 0. The predicted molar refractivity (Wildman–Crippen MR) is 59.4 cm³/mol. The lowest BCUT2D eigenvalue weighted by atomic mass is 10.1. The first-order chi connectivity index (χ1) is 6.27. The second-order valence-corrected chi connectivity index (χ2v) is 5.54. The summed E-state index contributed by atoms with van der Waals surface area (Å²) in [6, 6.07) is 1.59. The van der Waals surface area contributed by atoms with Crippen molar-refractivity contribution in [1.29, 1.82) is 0 Å². The van der Waals surface area contributed by atoms with Crippen LogP contribution in [0, 0.1) is 0 Å². The van der Waals surface area contributed by atoms with Gasteiger partial charge in [-0.25, -0.2) is 0 Å². The van der Waals surface area contributed by atoms with E-state index in [0.717, 1.165) is 12.1 Å². The molecular weight excluding hydrogens is 180 g/mol. The quantitative estimate of drug-likeness (QED) is 0.579. The van der Waals surface area contributed by atoms with Crippen molar-refractivity contribution in [3.05, 3.63) is 0 Å². The van der Waals surface area contributed by atoms with Crippen molar-refractivity contribution in [3.63, 3.8) is 0 Å². The van der Waals surface area contributed by atoms with Gasteiger partial charge in [0.2, 0.25) is 0 Å². The van der Waals surface area contributed by atoms with Gasteiger partial charge in [-0.15, -0.1) is 0 Å². The van der Waals surface area contributed by atoms with Crippen LogP contribution in [-0.4, -0.2) is 60.1 Å². The van der Waals surface area contributed by atoms with E-state index in [-0.39, 0.29) is 0 Å². The number of hydrogen-bond acceptors (Lipinski definition) is 3. The molecule has 2 fully saturated rings. The molecule has 0 aromatic rings. The highest BCUT2D eigenvalue weighted by Crippen LogP contribution is 2.22. The largest absolute Gasteiger partial charge is 0.303 e. The number of rotatable bonds is 0. The van der Waals surface area contributed by atoms with Gasteiger partial charge in [0.05, 0.1) is 0 Å². The topological polar surface area (TPSA) is 6.48 Å². The van der Waals surface area contributed by atoms with Crippen LogP contribution in [0.3, 0.4) is 0 Å². The van der Waals surface area contributed by atoms with Gasteiger partial charge in [-0.1, -0.05) is 0 Å². The zero-order valence-electron chi connectivity index (χ0n) is 8.70. The van der Waals surface area contributed by atoms with Gasteiger partial charge in [0, 0.05) is 30.9 Å². The first-order valence-corrected chi connectivity index (χ1v) is 6.45. The maximum atomic E-state index is 2.72. The summed E-state index contributed by atoms with van der Waals surface area (Å²) in [5.74, 6) is 2.71. The van der Waals surface area contributed by atoms with Crippen LogP contribution < -0.4 is 0 Å². The molecule has 2 saturated heterocycles. The highest BCUT2D eigenvalue weighted by Gasteiger charge is 2.31. The Hall–Kier alpha value is 0.270. The fourth-order valence-electron chi connectivity index (χ4n) is 2.57. The van der Waals surface area contributed by atoms with Crippen molar-refractivity contribution in [1.82, 2.24) is 9.80 Å². The first-order valence-electron chi connectivity index (χ1n) is 5.29. The van der Waals surface area contributed by atoms with Crippen LogP contribution in [0.4, 0.5) is 0 Å². The summed E-state index contributed by atoms with van der Waals surface area (Å²) in [4.78, 5) is 5.21. The smallest absolute Gasteiger partial charge is 0.0316 e. The van der Waals surface area contributed by atoms with Gasteiger partial charge in [0.25, 0.3) is 0 Å². The number of nitrogens with zero attached hydrogens (tertiary/aromatic N) is 2. The van der Waals surface area contributed by atoms with Gasteiger partial charge in [0.1, 0.15) is 0 Å². The minimum atomic E-state index is 0.766. The second-order valence-electron chi connectivity index (χ2n) is 4.39. The monoisotopic (exact) mass is 200 g/mol. The van der Waals surface area contributed by atoms with E-state index in [2.05, 4.69) is 35.5 Å². The minimum absolute atomic E-state index is 0.766. The molecule has 13 heavy (non-hydrogen) atoms. The summed E-state index contributed by atoms with van der Waals surface area (Å²) in [6.45, 7) is 6.23. The molecular formula is C10H20N2S. The maximum Gasteiger partial charge on any atom is 0.0316 e. The standard InChI is InChI=1S/C10H20N2S/c1-9-6-11(2)7-10-8-13-5-3-4-12(9)10/h9-10H,3-8H2,1-2H3. The van der Waals surface area contributed by atoms with Crippen molar-refractivity contribution in [2.75, 3.05) is 38.2 Å². The number of thioether (sulfide) groups is 1. The Balaban J connectivity index is 2.03. The molecule has 2 unspecified atom stereocenters. The normalized spacial score (nSPS) is 38.3. The van der Waals surface area contributed by atoms with Crippen LogP contribution >= 0.6 is 11.8 Å². The molecule has 2 atom stereocenters. The lowest BCUT2D eigenvalue weighted by Gasteiger charge is -2.43. The third-order valence-electron chi connectivity index (χ3n) is 3.15. The lowest BCUT2D eigenvalue weighted by Crippen LogP contribution is -2.57. The molecule has 0 aliphatic carbocycles. The summed E-state index contributed by atoms with van der Waals surface area (Å²) < 4.78 is 0. The van der Waals surface area contributed by atoms with Crippen molar-refractivity contribution in [3.8, 4) is 0 Å². The Kier molecular flexibility index (Phi) is 3.17. The van der Waals surface area contributed by atoms with Crippen molar-refractivity contribution in [2.45, 2.75) is 25.4 Å². The third kappa shape index (κ3) is 2.20. The van der Waals surface area contributed by atoms with E-state index in [1.165, 1.54) is 37.6 Å². The van der Waals surface area contributed by atoms with Crippen molar-refractivity contribution >= 4 is 11.8 Å². The van der Waals surface area contributed by atoms with Gasteiger partial charge >= 0.3 is 0 Å². The van der Waals surface area contributed by atoms with Gasteiger partial charge < -0.3 is 4.90 Å². The number of hydrogen-bond donors (Lipinski definition) is 0. The van der Waals surface area contributed by atoms with Gasteiger partial charge in [-0.05, 0) is 32.7 Å². The number of piperazine rings is 1. The van der Waals surface area contributed by atoms with Crippen LogP contribution in [0.15, 0.2) is 0 Å². The first kappa shape index (κ1) is 9.81. The molecule has 0 radical (unpaired) electrons. The van der Waals surface area contributed by atoms with Crippen LogP contribution in [0.2, 0.25) is 0 Å². The van der Waals surface area contributed by atoms with E-state index < -0.39 is 0 Å². The van der Waals surface area contributed by atoms with Crippen LogP contribution in [-0.2, 0) is 0 Å². The Bertz CT molecular complexity index is 174. The summed E-state index contributed by atoms with van der Waals surface area (Å²) in [6.07, 6.45) is 1.38. The Morgan fingerprint density at radius 1 is 1.31 bits per heavy atom. The molecule has 0 amide bonds. The van der Waals surface area contributed by atoms with E-state index in [1.54, 1.807) is 0 Å². The van der Waals surface area contributed by atoms with E-state index in [9.17, 15) is 0 Å². The molecule has 0 bridgehead atoms. The number of likely N-dealkylation sites (N-methyl/N-ethyl adjacent to an activating group) is 1. The average Bonchev–Trinajstić information content (AvgIpc) is 2.28.